The summed E-state index contributed by atoms with van der Waals surface area (Å²) in [6, 6.07) is 3.92. The molecule has 7 heteroatoms. The van der Waals surface area contributed by atoms with E-state index in [-0.39, 0.29) is 21.4 Å². The fourth-order valence-corrected chi connectivity index (χ4v) is 3.18. The summed E-state index contributed by atoms with van der Waals surface area (Å²) in [5.41, 5.74) is 0.183. The normalized spacial score (nSPS) is 17.2. The molecule has 1 amide bonds. The molecule has 0 unspecified atom stereocenters. The van der Waals surface area contributed by atoms with Gasteiger partial charge in [-0.1, -0.05) is 18.5 Å². The summed E-state index contributed by atoms with van der Waals surface area (Å²) >= 11 is 6.00. The van der Waals surface area contributed by atoms with Gasteiger partial charge in [-0.3, -0.25) is 4.79 Å². The van der Waals surface area contributed by atoms with E-state index in [0.717, 1.165) is 12.8 Å². The molecule has 0 radical (unpaired) electrons. The quantitative estimate of drug-likeness (QED) is 0.780. The second-order valence-corrected chi connectivity index (χ2v) is 8.03. The molecule has 0 spiro atoms. The van der Waals surface area contributed by atoms with Crippen LogP contribution in [0.3, 0.4) is 0 Å². The van der Waals surface area contributed by atoms with E-state index in [0.29, 0.717) is 19.0 Å². The number of amides is 1. The number of benzene rings is 1. The topological polar surface area (TPSA) is 54.5 Å². The number of hydrogen-bond donors (Lipinski definition) is 0. The molecule has 0 aliphatic carbocycles. The van der Waals surface area contributed by atoms with Gasteiger partial charge in [0.25, 0.3) is 15.0 Å². The summed E-state index contributed by atoms with van der Waals surface area (Å²) in [6.07, 6.45) is 1.88. The molecule has 1 fully saturated rings. The van der Waals surface area contributed by atoms with E-state index in [1.807, 2.05) is 0 Å². The summed E-state index contributed by atoms with van der Waals surface area (Å²) in [7, 11) is 1.42. The molecule has 1 heterocycles. The van der Waals surface area contributed by atoms with E-state index in [2.05, 4.69) is 6.92 Å². The van der Waals surface area contributed by atoms with Crippen LogP contribution in [-0.4, -0.2) is 32.3 Å². The van der Waals surface area contributed by atoms with E-state index >= 15 is 0 Å². The molecule has 2 rings (SSSR count). The van der Waals surface area contributed by atoms with Crippen molar-refractivity contribution in [1.82, 2.24) is 4.90 Å². The van der Waals surface area contributed by atoms with Crippen LogP contribution in [0.15, 0.2) is 23.1 Å². The molecule has 1 aromatic carbocycles. The van der Waals surface area contributed by atoms with Gasteiger partial charge >= 0.3 is 0 Å². The Morgan fingerprint density at radius 3 is 2.45 bits per heavy atom. The van der Waals surface area contributed by atoms with Crippen molar-refractivity contribution in [3.8, 4) is 0 Å². The van der Waals surface area contributed by atoms with Crippen LogP contribution in [0.5, 0.6) is 0 Å². The Balaban J connectivity index is 2.30. The maximum Gasteiger partial charge on any atom is 0.261 e. The highest BCUT2D eigenvalue weighted by atomic mass is 35.7. The number of likely N-dealkylation sites (tertiary alicyclic amines) is 1. The third-order valence-corrected chi connectivity index (χ3v) is 5.20. The van der Waals surface area contributed by atoms with Gasteiger partial charge < -0.3 is 4.90 Å². The Morgan fingerprint density at radius 2 is 1.90 bits per heavy atom. The molecular weight excluding hydrogens is 321 g/mol. The zero-order valence-corrected chi connectivity index (χ0v) is 13.3. The van der Waals surface area contributed by atoms with Gasteiger partial charge in [0.1, 0.15) is 0 Å². The first-order chi connectivity index (χ1) is 9.29. The lowest BCUT2D eigenvalue weighted by Crippen LogP contribution is -2.38. The lowest BCUT2D eigenvalue weighted by atomic mass is 9.98. The van der Waals surface area contributed by atoms with Crippen molar-refractivity contribution in [3.05, 3.63) is 28.8 Å². The van der Waals surface area contributed by atoms with Gasteiger partial charge in [-0.2, -0.15) is 0 Å². The zero-order valence-electron chi connectivity index (χ0n) is 11.0. The zero-order chi connectivity index (χ0) is 14.9. The molecule has 1 aromatic rings. The fraction of sp³-hybridized carbons (Fsp3) is 0.462. The number of nitrogens with zero attached hydrogens (tertiary/aromatic N) is 1. The number of rotatable bonds is 2. The molecule has 0 bridgehead atoms. The summed E-state index contributed by atoms with van der Waals surface area (Å²) < 4.78 is 22.7. The predicted molar refractivity (Wildman–Crippen MR) is 78.8 cm³/mol. The smallest absolute Gasteiger partial charge is 0.261 e. The molecule has 1 aliphatic rings. The molecule has 1 saturated heterocycles. The van der Waals surface area contributed by atoms with Crippen molar-refractivity contribution < 1.29 is 13.2 Å². The van der Waals surface area contributed by atoms with Crippen molar-refractivity contribution in [2.45, 2.75) is 24.7 Å². The Kier molecular flexibility index (Phi) is 4.62. The maximum atomic E-state index is 12.4. The Bertz CT molecular complexity index is 623. The van der Waals surface area contributed by atoms with E-state index < -0.39 is 9.05 Å². The van der Waals surface area contributed by atoms with Crippen LogP contribution in [0.4, 0.5) is 0 Å². The molecule has 4 nitrogen and oxygen atoms in total. The first-order valence-corrected chi connectivity index (χ1v) is 9.01. The second kappa shape index (κ2) is 5.92. The molecule has 0 N–H and O–H groups in total. The third-order valence-electron chi connectivity index (χ3n) is 3.52. The van der Waals surface area contributed by atoms with E-state index in [1.165, 1.54) is 18.2 Å². The molecule has 20 heavy (non-hydrogen) atoms. The van der Waals surface area contributed by atoms with Crippen molar-refractivity contribution >= 4 is 37.2 Å². The second-order valence-electron chi connectivity index (χ2n) is 5.05. The van der Waals surface area contributed by atoms with Gasteiger partial charge in [-0.25, -0.2) is 8.42 Å². The predicted octanol–water partition coefficient (Wildman–Crippen LogP) is 3.14. The number of carbonyl (C=O) groups excluding carboxylic acids is 1. The van der Waals surface area contributed by atoms with Crippen molar-refractivity contribution in [1.29, 1.82) is 0 Å². The van der Waals surface area contributed by atoms with Crippen molar-refractivity contribution in [2.75, 3.05) is 13.1 Å². The first kappa shape index (κ1) is 15.6. The van der Waals surface area contributed by atoms with Crippen molar-refractivity contribution in [3.63, 3.8) is 0 Å². The fourth-order valence-electron chi connectivity index (χ4n) is 2.20. The lowest BCUT2D eigenvalue weighted by Gasteiger charge is -2.30. The minimum atomic E-state index is -3.87. The first-order valence-electron chi connectivity index (χ1n) is 6.32. The number of carbonyl (C=O) groups is 1. The molecule has 0 atom stereocenters. The van der Waals surface area contributed by atoms with Crippen LogP contribution in [0.25, 0.3) is 0 Å². The van der Waals surface area contributed by atoms with Crippen LogP contribution in [0.2, 0.25) is 5.02 Å². The minimum absolute atomic E-state index is 0.114. The molecule has 1 aliphatic heterocycles. The van der Waals surface area contributed by atoms with E-state index in [1.54, 1.807) is 4.90 Å². The maximum absolute atomic E-state index is 12.4. The molecule has 110 valence electrons. The van der Waals surface area contributed by atoms with Crippen molar-refractivity contribution in [2.24, 2.45) is 5.92 Å². The SMILES string of the molecule is CC1CCN(C(=O)c2cc(S(=O)(=O)Cl)ccc2Cl)CC1. The largest absolute Gasteiger partial charge is 0.339 e. The van der Waals surface area contributed by atoms with Crippen LogP contribution in [-0.2, 0) is 9.05 Å². The number of halogens is 2. The van der Waals surface area contributed by atoms with Crippen LogP contribution >= 0.6 is 22.3 Å². The number of hydrogen-bond acceptors (Lipinski definition) is 3. The summed E-state index contributed by atoms with van der Waals surface area (Å²) in [4.78, 5) is 14.0. The monoisotopic (exact) mass is 335 g/mol. The highest BCUT2D eigenvalue weighted by molar-refractivity contribution is 8.13. The van der Waals surface area contributed by atoms with Gasteiger partial charge in [0, 0.05) is 23.8 Å². The Labute approximate surface area is 128 Å². The summed E-state index contributed by atoms with van der Waals surface area (Å²) in [5.74, 6) is 0.355. The summed E-state index contributed by atoms with van der Waals surface area (Å²) in [5, 5.41) is 0.234. The summed E-state index contributed by atoms with van der Waals surface area (Å²) in [6.45, 7) is 3.47. The Hall–Kier alpha value is -0.780. The van der Waals surface area contributed by atoms with Crippen LogP contribution in [0.1, 0.15) is 30.1 Å². The molecule has 0 aromatic heterocycles. The molecule has 0 saturated carbocycles. The van der Waals surface area contributed by atoms with Gasteiger partial charge in [-0.05, 0) is 37.0 Å². The van der Waals surface area contributed by atoms with Crippen LogP contribution < -0.4 is 0 Å². The van der Waals surface area contributed by atoms with E-state index in [4.69, 9.17) is 22.3 Å². The standard InChI is InChI=1S/C13H15Cl2NO3S/c1-9-4-6-16(7-5-9)13(17)11-8-10(20(15,18)19)2-3-12(11)14/h2-3,8-9H,4-7H2,1H3. The minimum Gasteiger partial charge on any atom is -0.339 e. The average Bonchev–Trinajstić information content (AvgIpc) is 2.38. The number of piperidine rings is 1. The van der Waals surface area contributed by atoms with E-state index in [9.17, 15) is 13.2 Å². The highest BCUT2D eigenvalue weighted by Crippen LogP contribution is 2.26. The molecular formula is C13H15Cl2NO3S. The van der Waals surface area contributed by atoms with Gasteiger partial charge in [0.15, 0.2) is 0 Å². The van der Waals surface area contributed by atoms with Crippen LogP contribution in [0, 0.1) is 5.92 Å². The average molecular weight is 336 g/mol. The third kappa shape index (κ3) is 3.45. The highest BCUT2D eigenvalue weighted by Gasteiger charge is 2.24. The van der Waals surface area contributed by atoms with Gasteiger partial charge in [-0.15, -0.1) is 0 Å². The Morgan fingerprint density at radius 1 is 1.30 bits per heavy atom. The van der Waals surface area contributed by atoms with Gasteiger partial charge in [0.2, 0.25) is 0 Å². The van der Waals surface area contributed by atoms with Gasteiger partial charge in [0.05, 0.1) is 15.5 Å². The lowest BCUT2D eigenvalue weighted by molar-refractivity contribution is 0.0697.